The Bertz CT molecular complexity index is 577. The molecule has 0 aromatic heterocycles. The lowest BCUT2D eigenvalue weighted by Crippen LogP contribution is -2.45. The number of hydrogen-bond acceptors (Lipinski definition) is 1. The number of hydrogen-bond donors (Lipinski definition) is 1. The predicted octanol–water partition coefficient (Wildman–Crippen LogP) is 5.52. The summed E-state index contributed by atoms with van der Waals surface area (Å²) in [6.07, 6.45) is 8.11. The molecular formula is C21H30O. The van der Waals surface area contributed by atoms with Crippen molar-refractivity contribution in [3.63, 3.8) is 0 Å². The number of rotatable bonds is 1. The largest absolute Gasteiger partial charge is 0.508 e. The molecule has 0 amide bonds. The molecule has 4 rings (SSSR count). The summed E-state index contributed by atoms with van der Waals surface area (Å²) in [5.41, 5.74) is 3.58. The molecule has 1 heteroatoms. The Kier molecular flexibility index (Phi) is 3.33. The van der Waals surface area contributed by atoms with Gasteiger partial charge in [-0.15, -0.1) is 0 Å². The van der Waals surface area contributed by atoms with Gasteiger partial charge in [0, 0.05) is 0 Å². The van der Waals surface area contributed by atoms with E-state index in [4.69, 9.17) is 0 Å². The standard InChI is InChI=1S/C21H30O/c1-4-14-11-15-12-16(22)6-7-17(15)18-9-10-21(3)13(2)5-8-19(21)20(14)18/h6-7,12-14,18-20,22H,4-5,8-11H2,1-3H3/t13-,14+,18?,19?,20?,21+/m0/s1. The van der Waals surface area contributed by atoms with Crippen LogP contribution in [0.4, 0.5) is 0 Å². The second-order valence-corrected chi connectivity index (χ2v) is 8.57. The normalized spacial score (nSPS) is 43.3. The molecule has 0 bridgehead atoms. The topological polar surface area (TPSA) is 20.2 Å². The molecule has 3 aliphatic carbocycles. The number of aromatic hydroxyl groups is 1. The van der Waals surface area contributed by atoms with E-state index in [2.05, 4.69) is 26.8 Å². The molecule has 1 aromatic carbocycles. The maximum Gasteiger partial charge on any atom is 0.115 e. The summed E-state index contributed by atoms with van der Waals surface area (Å²) in [6, 6.07) is 6.18. The van der Waals surface area contributed by atoms with Gasteiger partial charge in [0.05, 0.1) is 0 Å². The Hall–Kier alpha value is -0.980. The van der Waals surface area contributed by atoms with E-state index in [1.807, 2.05) is 12.1 Å². The molecule has 120 valence electrons. The van der Waals surface area contributed by atoms with Crippen LogP contribution in [0.15, 0.2) is 18.2 Å². The second-order valence-electron chi connectivity index (χ2n) is 8.57. The van der Waals surface area contributed by atoms with Crippen molar-refractivity contribution in [2.24, 2.45) is 29.1 Å². The van der Waals surface area contributed by atoms with Crippen LogP contribution in [0.5, 0.6) is 5.75 Å². The minimum atomic E-state index is 0.446. The molecule has 0 saturated heterocycles. The first-order valence-electron chi connectivity index (χ1n) is 9.36. The van der Waals surface area contributed by atoms with Gasteiger partial charge in [-0.05, 0) is 90.4 Å². The Balaban J connectivity index is 1.77. The molecule has 1 nitrogen and oxygen atoms in total. The highest BCUT2D eigenvalue weighted by Crippen LogP contribution is 2.64. The molecule has 0 radical (unpaired) electrons. The Labute approximate surface area is 135 Å². The lowest BCUT2D eigenvalue weighted by Gasteiger charge is -2.53. The first kappa shape index (κ1) is 14.6. The van der Waals surface area contributed by atoms with E-state index in [-0.39, 0.29) is 0 Å². The van der Waals surface area contributed by atoms with Crippen molar-refractivity contribution < 1.29 is 5.11 Å². The second kappa shape index (κ2) is 5.01. The summed E-state index contributed by atoms with van der Waals surface area (Å²) in [5.74, 6) is 4.71. The molecule has 0 spiro atoms. The minimum absolute atomic E-state index is 0.446. The van der Waals surface area contributed by atoms with E-state index in [0.717, 1.165) is 29.6 Å². The van der Waals surface area contributed by atoms with E-state index in [9.17, 15) is 5.11 Å². The van der Waals surface area contributed by atoms with Crippen molar-refractivity contribution >= 4 is 0 Å². The van der Waals surface area contributed by atoms with Gasteiger partial charge in [0.25, 0.3) is 0 Å². The highest BCUT2D eigenvalue weighted by Gasteiger charge is 2.55. The van der Waals surface area contributed by atoms with Crippen LogP contribution >= 0.6 is 0 Å². The predicted molar refractivity (Wildman–Crippen MR) is 91.1 cm³/mol. The molecule has 0 heterocycles. The summed E-state index contributed by atoms with van der Waals surface area (Å²) in [6.45, 7) is 7.46. The summed E-state index contributed by atoms with van der Waals surface area (Å²) in [4.78, 5) is 0. The van der Waals surface area contributed by atoms with Crippen LogP contribution in [0.3, 0.4) is 0 Å². The smallest absolute Gasteiger partial charge is 0.115 e. The highest BCUT2D eigenvalue weighted by atomic mass is 16.3. The fourth-order valence-corrected chi connectivity index (χ4v) is 6.44. The fraction of sp³-hybridized carbons (Fsp3) is 0.714. The lowest BCUT2D eigenvalue weighted by atomic mass is 9.51. The van der Waals surface area contributed by atoms with Gasteiger partial charge in [0.1, 0.15) is 5.75 Å². The van der Waals surface area contributed by atoms with E-state index < -0.39 is 0 Å². The molecular weight excluding hydrogens is 268 g/mol. The monoisotopic (exact) mass is 298 g/mol. The average molecular weight is 298 g/mol. The zero-order valence-electron chi connectivity index (χ0n) is 14.3. The first-order valence-corrected chi connectivity index (χ1v) is 9.36. The average Bonchev–Trinajstić information content (AvgIpc) is 2.81. The number of benzene rings is 1. The van der Waals surface area contributed by atoms with Gasteiger partial charge in [0.15, 0.2) is 0 Å². The molecule has 0 aliphatic heterocycles. The minimum Gasteiger partial charge on any atom is -0.508 e. The zero-order chi connectivity index (χ0) is 15.5. The van der Waals surface area contributed by atoms with Crippen molar-refractivity contribution in [2.75, 3.05) is 0 Å². The van der Waals surface area contributed by atoms with E-state index in [1.54, 1.807) is 5.56 Å². The number of phenolic OH excluding ortho intramolecular Hbond substituents is 1. The van der Waals surface area contributed by atoms with Crippen LogP contribution in [0.2, 0.25) is 0 Å². The van der Waals surface area contributed by atoms with Gasteiger partial charge in [-0.25, -0.2) is 0 Å². The third kappa shape index (κ3) is 1.90. The van der Waals surface area contributed by atoms with Gasteiger partial charge < -0.3 is 5.11 Å². The molecule has 2 fully saturated rings. The lowest BCUT2D eigenvalue weighted by molar-refractivity contribution is 0.00452. The molecule has 6 atom stereocenters. The first-order chi connectivity index (χ1) is 10.5. The summed E-state index contributed by atoms with van der Waals surface area (Å²) < 4.78 is 0. The van der Waals surface area contributed by atoms with Crippen LogP contribution in [-0.2, 0) is 6.42 Å². The van der Waals surface area contributed by atoms with E-state index in [1.165, 1.54) is 44.1 Å². The molecule has 1 N–H and O–H groups in total. The van der Waals surface area contributed by atoms with Crippen molar-refractivity contribution in [3.05, 3.63) is 29.3 Å². The molecule has 3 aliphatic rings. The van der Waals surface area contributed by atoms with Crippen molar-refractivity contribution in [1.82, 2.24) is 0 Å². The molecule has 1 aromatic rings. The number of fused-ring (bicyclic) bond motifs is 5. The highest BCUT2D eigenvalue weighted by molar-refractivity contribution is 5.40. The van der Waals surface area contributed by atoms with Crippen LogP contribution < -0.4 is 0 Å². The van der Waals surface area contributed by atoms with Crippen molar-refractivity contribution in [3.8, 4) is 5.75 Å². The quantitative estimate of drug-likeness (QED) is 0.723. The maximum absolute atomic E-state index is 9.87. The third-order valence-corrected chi connectivity index (χ3v) is 7.88. The molecule has 22 heavy (non-hydrogen) atoms. The van der Waals surface area contributed by atoms with Crippen molar-refractivity contribution in [1.29, 1.82) is 0 Å². The van der Waals surface area contributed by atoms with Gasteiger partial charge in [-0.3, -0.25) is 0 Å². The summed E-state index contributed by atoms with van der Waals surface area (Å²) in [7, 11) is 0. The van der Waals surface area contributed by atoms with E-state index in [0.29, 0.717) is 11.2 Å². The van der Waals surface area contributed by atoms with Gasteiger partial charge >= 0.3 is 0 Å². The van der Waals surface area contributed by atoms with Gasteiger partial charge in [-0.1, -0.05) is 33.3 Å². The molecule has 3 unspecified atom stereocenters. The summed E-state index contributed by atoms with van der Waals surface area (Å²) >= 11 is 0. The Morgan fingerprint density at radius 2 is 2.05 bits per heavy atom. The van der Waals surface area contributed by atoms with Crippen LogP contribution in [0.1, 0.15) is 69.9 Å². The Morgan fingerprint density at radius 3 is 2.82 bits per heavy atom. The van der Waals surface area contributed by atoms with Crippen LogP contribution in [0, 0.1) is 29.1 Å². The van der Waals surface area contributed by atoms with Crippen LogP contribution in [-0.4, -0.2) is 5.11 Å². The number of phenols is 1. The SMILES string of the molecule is CC[C@@H]1Cc2cc(O)ccc2C2CC[C@@]3(C)C(CC[C@@H]3C)C21. The van der Waals surface area contributed by atoms with E-state index >= 15 is 0 Å². The zero-order valence-corrected chi connectivity index (χ0v) is 14.3. The third-order valence-electron chi connectivity index (χ3n) is 7.88. The van der Waals surface area contributed by atoms with Crippen LogP contribution in [0.25, 0.3) is 0 Å². The summed E-state index contributed by atoms with van der Waals surface area (Å²) in [5, 5.41) is 9.87. The van der Waals surface area contributed by atoms with Crippen molar-refractivity contribution in [2.45, 2.75) is 65.2 Å². The Morgan fingerprint density at radius 1 is 1.23 bits per heavy atom. The fourth-order valence-electron chi connectivity index (χ4n) is 6.44. The van der Waals surface area contributed by atoms with Gasteiger partial charge in [0.2, 0.25) is 0 Å². The molecule has 2 saturated carbocycles. The van der Waals surface area contributed by atoms with Gasteiger partial charge in [-0.2, -0.15) is 0 Å². The maximum atomic E-state index is 9.87.